The van der Waals surface area contributed by atoms with Crippen LogP contribution < -0.4 is 0 Å². The molecular formula is C27H29N5O4S. The molecule has 0 aliphatic carbocycles. The number of nitrogens with zero attached hydrogens (tertiary/aromatic N) is 5. The molecule has 0 saturated carbocycles. The van der Waals surface area contributed by atoms with Gasteiger partial charge in [0.05, 0.1) is 18.2 Å². The molecule has 4 heterocycles. The number of aromatic nitrogens is 3. The summed E-state index contributed by atoms with van der Waals surface area (Å²) >= 11 is 1.57. The zero-order chi connectivity index (χ0) is 25.8. The predicted octanol–water partition coefficient (Wildman–Crippen LogP) is 4.67. The number of furan rings is 2. The van der Waals surface area contributed by atoms with Crippen molar-refractivity contribution in [3.63, 3.8) is 0 Å². The average molecular weight is 520 g/mol. The minimum absolute atomic E-state index is 0.0719. The van der Waals surface area contributed by atoms with Crippen molar-refractivity contribution in [2.75, 3.05) is 25.4 Å². The molecule has 5 rings (SSSR count). The molecule has 0 radical (unpaired) electrons. The molecule has 1 saturated heterocycles. The third-order valence-electron chi connectivity index (χ3n) is 6.47. The Hall–Kier alpha value is -3.79. The Kier molecular flexibility index (Phi) is 7.45. The maximum Gasteiger partial charge on any atom is 0.289 e. The van der Waals surface area contributed by atoms with Gasteiger partial charge in [-0.3, -0.25) is 14.2 Å². The molecule has 0 spiro atoms. The Morgan fingerprint density at radius 2 is 1.84 bits per heavy atom. The zero-order valence-electron chi connectivity index (χ0n) is 20.9. The molecule has 192 valence electrons. The first-order chi connectivity index (χ1) is 18.0. The lowest BCUT2D eigenvalue weighted by Crippen LogP contribution is -2.55. The highest BCUT2D eigenvalue weighted by Crippen LogP contribution is 2.30. The maximum atomic E-state index is 12.9. The highest BCUT2D eigenvalue weighted by atomic mass is 32.2. The fraction of sp³-hybridized carbons (Fsp3) is 0.333. The van der Waals surface area contributed by atoms with Gasteiger partial charge >= 0.3 is 0 Å². The van der Waals surface area contributed by atoms with Crippen LogP contribution in [0.2, 0.25) is 0 Å². The van der Waals surface area contributed by atoms with E-state index in [1.165, 1.54) is 6.26 Å². The second kappa shape index (κ2) is 11.1. The monoisotopic (exact) mass is 519 g/mol. The molecule has 1 aromatic carbocycles. The zero-order valence-corrected chi connectivity index (χ0v) is 21.7. The molecule has 1 fully saturated rings. The summed E-state index contributed by atoms with van der Waals surface area (Å²) in [6, 6.07) is 15.1. The highest BCUT2D eigenvalue weighted by molar-refractivity contribution is 7.99. The lowest BCUT2D eigenvalue weighted by molar-refractivity contribution is -0.133. The van der Waals surface area contributed by atoms with E-state index in [1.54, 1.807) is 35.1 Å². The molecule has 3 aromatic heterocycles. The van der Waals surface area contributed by atoms with Crippen molar-refractivity contribution >= 4 is 23.6 Å². The number of amides is 2. The first-order valence-electron chi connectivity index (χ1n) is 12.3. The Labute approximate surface area is 219 Å². The Balaban J connectivity index is 1.18. The van der Waals surface area contributed by atoms with Gasteiger partial charge in [-0.2, -0.15) is 0 Å². The van der Waals surface area contributed by atoms with Crippen molar-refractivity contribution in [1.82, 2.24) is 24.6 Å². The number of aryl methyl sites for hydroxylation is 1. The van der Waals surface area contributed by atoms with E-state index in [1.807, 2.05) is 46.7 Å². The Bertz CT molecular complexity index is 1350. The first kappa shape index (κ1) is 24.9. The fourth-order valence-electron chi connectivity index (χ4n) is 4.53. The van der Waals surface area contributed by atoms with Gasteiger partial charge in [0.1, 0.15) is 0 Å². The number of hydrogen-bond acceptors (Lipinski definition) is 7. The Morgan fingerprint density at radius 1 is 1.03 bits per heavy atom. The fourth-order valence-corrected chi connectivity index (χ4v) is 5.42. The minimum atomic E-state index is -0.132. The summed E-state index contributed by atoms with van der Waals surface area (Å²) in [6.07, 6.45) is 4.27. The van der Waals surface area contributed by atoms with Gasteiger partial charge < -0.3 is 18.6 Å². The van der Waals surface area contributed by atoms with E-state index in [4.69, 9.17) is 8.83 Å². The molecule has 1 atom stereocenters. The smallest absolute Gasteiger partial charge is 0.289 e. The molecule has 0 bridgehead atoms. The van der Waals surface area contributed by atoms with Crippen LogP contribution in [0.3, 0.4) is 0 Å². The lowest BCUT2D eigenvalue weighted by atomic mass is 10.1. The number of rotatable bonds is 8. The number of para-hydroxylation sites is 1. The van der Waals surface area contributed by atoms with E-state index >= 15 is 0 Å². The normalized spacial score (nSPS) is 15.8. The van der Waals surface area contributed by atoms with Crippen LogP contribution in [0.5, 0.6) is 0 Å². The summed E-state index contributed by atoms with van der Waals surface area (Å²) in [7, 11) is 0. The first-order valence-corrected chi connectivity index (χ1v) is 13.3. The van der Waals surface area contributed by atoms with Gasteiger partial charge in [0.25, 0.3) is 5.91 Å². The van der Waals surface area contributed by atoms with Gasteiger partial charge in [0, 0.05) is 37.8 Å². The van der Waals surface area contributed by atoms with Crippen LogP contribution in [0.4, 0.5) is 0 Å². The summed E-state index contributed by atoms with van der Waals surface area (Å²) < 4.78 is 12.9. The second-order valence-corrected chi connectivity index (χ2v) is 10.1. The van der Waals surface area contributed by atoms with Crippen LogP contribution in [0, 0.1) is 6.92 Å². The van der Waals surface area contributed by atoms with Gasteiger partial charge in [-0.1, -0.05) is 30.0 Å². The SMILES string of the molecule is Cc1ccccc1-n1c(SCCCC(=O)N2CCN(C(=O)c3ccco3)C(C)C2)nnc1-c1ccco1. The largest absolute Gasteiger partial charge is 0.461 e. The number of hydrogen-bond donors (Lipinski definition) is 0. The number of thioether (sulfide) groups is 1. The third-order valence-corrected chi connectivity index (χ3v) is 7.49. The lowest BCUT2D eigenvalue weighted by Gasteiger charge is -2.39. The van der Waals surface area contributed by atoms with Crippen LogP contribution in [0.15, 0.2) is 75.0 Å². The highest BCUT2D eigenvalue weighted by Gasteiger charge is 2.31. The molecule has 0 N–H and O–H groups in total. The molecule has 10 heteroatoms. The van der Waals surface area contributed by atoms with Gasteiger partial charge in [-0.25, -0.2) is 0 Å². The number of carbonyl (C=O) groups excluding carboxylic acids is 2. The summed E-state index contributed by atoms with van der Waals surface area (Å²) in [5.41, 5.74) is 2.10. The van der Waals surface area contributed by atoms with Gasteiger partial charge in [-0.05, 0) is 56.2 Å². The molecule has 1 unspecified atom stereocenters. The van der Waals surface area contributed by atoms with E-state index in [0.717, 1.165) is 22.2 Å². The Morgan fingerprint density at radius 3 is 2.57 bits per heavy atom. The topological polar surface area (TPSA) is 97.6 Å². The van der Waals surface area contributed by atoms with Crippen molar-refractivity contribution < 1.29 is 18.4 Å². The average Bonchev–Trinajstić information content (AvgIpc) is 3.68. The minimum Gasteiger partial charge on any atom is -0.461 e. The van der Waals surface area contributed by atoms with Crippen molar-refractivity contribution in [3.05, 3.63) is 72.4 Å². The van der Waals surface area contributed by atoms with Crippen LogP contribution in [-0.2, 0) is 4.79 Å². The van der Waals surface area contributed by atoms with Gasteiger partial charge in [0.2, 0.25) is 11.7 Å². The summed E-state index contributed by atoms with van der Waals surface area (Å²) in [5, 5.41) is 9.58. The van der Waals surface area contributed by atoms with E-state index in [0.29, 0.717) is 49.8 Å². The third kappa shape index (κ3) is 5.34. The predicted molar refractivity (Wildman–Crippen MR) is 140 cm³/mol. The summed E-state index contributed by atoms with van der Waals surface area (Å²) in [4.78, 5) is 29.2. The van der Waals surface area contributed by atoms with Crippen LogP contribution >= 0.6 is 11.8 Å². The molecule has 1 aliphatic rings. The van der Waals surface area contributed by atoms with Crippen molar-refractivity contribution in [1.29, 1.82) is 0 Å². The van der Waals surface area contributed by atoms with Crippen molar-refractivity contribution in [3.8, 4) is 17.3 Å². The molecule has 9 nitrogen and oxygen atoms in total. The van der Waals surface area contributed by atoms with E-state index < -0.39 is 0 Å². The van der Waals surface area contributed by atoms with Crippen LogP contribution in [-0.4, -0.2) is 67.8 Å². The molecule has 2 amide bonds. The van der Waals surface area contributed by atoms with Gasteiger partial charge in [0.15, 0.2) is 16.7 Å². The summed E-state index contributed by atoms with van der Waals surface area (Å²) in [5.74, 6) is 2.32. The van der Waals surface area contributed by atoms with E-state index in [2.05, 4.69) is 23.2 Å². The second-order valence-electron chi connectivity index (χ2n) is 9.02. The molecular weight excluding hydrogens is 490 g/mol. The number of carbonyl (C=O) groups is 2. The van der Waals surface area contributed by atoms with E-state index in [9.17, 15) is 9.59 Å². The van der Waals surface area contributed by atoms with Crippen molar-refractivity contribution in [2.24, 2.45) is 0 Å². The van der Waals surface area contributed by atoms with Crippen LogP contribution in [0.1, 0.15) is 35.9 Å². The van der Waals surface area contributed by atoms with Crippen molar-refractivity contribution in [2.45, 2.75) is 37.9 Å². The summed E-state index contributed by atoms with van der Waals surface area (Å²) in [6.45, 7) is 5.56. The molecule has 1 aliphatic heterocycles. The number of piperazine rings is 1. The van der Waals surface area contributed by atoms with Gasteiger partial charge in [-0.15, -0.1) is 10.2 Å². The quantitative estimate of drug-likeness (QED) is 0.246. The standard InChI is InChI=1S/C27H29N5O4S/c1-19-8-3-4-9-21(19)32-25(22-10-5-15-35-22)28-29-27(32)37-17-7-12-24(33)30-13-14-31(20(2)18-30)26(34)23-11-6-16-36-23/h3-6,8-11,15-16,20H,7,12-14,17-18H2,1-2H3. The van der Waals surface area contributed by atoms with E-state index in [-0.39, 0.29) is 17.9 Å². The molecule has 37 heavy (non-hydrogen) atoms. The maximum absolute atomic E-state index is 12.9. The molecule has 4 aromatic rings. The van der Waals surface area contributed by atoms with Crippen LogP contribution in [0.25, 0.3) is 17.3 Å². The number of benzene rings is 1.